The fraction of sp³-hybridized carbons (Fsp3) is 0.409. The first kappa shape index (κ1) is 19.9. The Morgan fingerprint density at radius 3 is 2.74 bits per heavy atom. The highest BCUT2D eigenvalue weighted by Gasteiger charge is 2.49. The summed E-state index contributed by atoms with van der Waals surface area (Å²) in [6.45, 7) is 1.83. The molecule has 9 nitrogen and oxygen atoms in total. The maximum atomic E-state index is 6.10. The average molecular weight is 422 g/mol. The minimum atomic E-state index is -0.143. The van der Waals surface area contributed by atoms with Crippen molar-refractivity contribution in [2.75, 3.05) is 32.2 Å². The number of nitrogens with zero attached hydrogens (tertiary/aromatic N) is 5. The number of rotatable bonds is 7. The minimum Gasteiger partial charge on any atom is -0.423 e. The number of tetrazole rings is 1. The van der Waals surface area contributed by atoms with Crippen LogP contribution in [0, 0.1) is 0 Å². The molecule has 2 aliphatic rings. The summed E-state index contributed by atoms with van der Waals surface area (Å²) in [5.41, 5.74) is 2.27. The molecule has 0 spiro atoms. The van der Waals surface area contributed by atoms with Crippen molar-refractivity contribution in [3.05, 3.63) is 60.2 Å². The van der Waals surface area contributed by atoms with Gasteiger partial charge in [0, 0.05) is 32.4 Å². The minimum absolute atomic E-state index is 0.0529. The molecule has 0 amide bonds. The van der Waals surface area contributed by atoms with Crippen LogP contribution < -0.4 is 15.0 Å². The van der Waals surface area contributed by atoms with Crippen molar-refractivity contribution >= 4 is 5.69 Å². The monoisotopic (exact) mass is 422 g/mol. The number of fused-ring (bicyclic) bond motifs is 1. The van der Waals surface area contributed by atoms with Gasteiger partial charge in [-0.3, -0.25) is 0 Å². The lowest BCUT2D eigenvalue weighted by atomic mass is 10.1. The third-order valence-electron chi connectivity index (χ3n) is 5.76. The topological polar surface area (TPSA) is 86.6 Å². The summed E-state index contributed by atoms with van der Waals surface area (Å²) >= 11 is 0. The van der Waals surface area contributed by atoms with Gasteiger partial charge in [-0.2, -0.15) is 4.68 Å². The van der Waals surface area contributed by atoms with Crippen LogP contribution in [0.5, 0.6) is 11.8 Å². The number of hydrogen-bond acceptors (Lipinski definition) is 8. The van der Waals surface area contributed by atoms with Gasteiger partial charge in [-0.1, -0.05) is 41.5 Å². The highest BCUT2D eigenvalue weighted by atomic mass is 16.6. The summed E-state index contributed by atoms with van der Waals surface area (Å²) in [5, 5.41) is 15.6. The molecular weight excluding hydrogens is 396 g/mol. The Balaban J connectivity index is 1.26. The Morgan fingerprint density at radius 1 is 1.06 bits per heavy atom. The maximum absolute atomic E-state index is 6.10. The Kier molecular flexibility index (Phi) is 5.54. The van der Waals surface area contributed by atoms with Crippen LogP contribution in [0.1, 0.15) is 11.6 Å². The standard InChI is InChI=1S/C22H26N6O3/c1-27(2)16-9-6-10-17(11-16)31-22-24-25-26-28(22)19-14-30-20-18(13-29-21(19)20)23-12-15-7-4-3-5-8-15/h3-11,18-21,23H,12-14H2,1-2H3/t18-,19-,20+,21+/m0/s1. The molecule has 0 radical (unpaired) electrons. The summed E-state index contributed by atoms with van der Waals surface area (Å²) in [6, 6.07) is 18.4. The van der Waals surface area contributed by atoms with E-state index in [4.69, 9.17) is 14.2 Å². The number of ether oxygens (including phenoxy) is 3. The van der Waals surface area contributed by atoms with Gasteiger partial charge in [0.25, 0.3) is 0 Å². The molecule has 2 aliphatic heterocycles. The van der Waals surface area contributed by atoms with Crippen LogP contribution >= 0.6 is 0 Å². The number of nitrogens with one attached hydrogen (secondary N) is 1. The van der Waals surface area contributed by atoms with Gasteiger partial charge in [-0.25, -0.2) is 0 Å². The van der Waals surface area contributed by atoms with Crippen molar-refractivity contribution in [1.29, 1.82) is 0 Å². The second-order valence-electron chi connectivity index (χ2n) is 8.04. The van der Waals surface area contributed by atoms with Crippen molar-refractivity contribution < 1.29 is 14.2 Å². The summed E-state index contributed by atoms with van der Waals surface area (Å²) in [6.07, 6.45) is -0.185. The molecule has 3 heterocycles. The predicted octanol–water partition coefficient (Wildman–Crippen LogP) is 2.03. The second kappa shape index (κ2) is 8.62. The molecule has 2 fully saturated rings. The van der Waals surface area contributed by atoms with Crippen molar-refractivity contribution in [2.24, 2.45) is 0 Å². The van der Waals surface area contributed by atoms with E-state index in [1.807, 2.05) is 61.5 Å². The van der Waals surface area contributed by atoms with Gasteiger partial charge in [-0.15, -0.1) is 0 Å². The highest BCUT2D eigenvalue weighted by Crippen LogP contribution is 2.36. The molecule has 1 aromatic heterocycles. The molecule has 4 atom stereocenters. The number of aromatic nitrogens is 4. The molecule has 2 aromatic carbocycles. The lowest BCUT2D eigenvalue weighted by molar-refractivity contribution is 0.0611. The number of benzene rings is 2. The third-order valence-corrected chi connectivity index (χ3v) is 5.76. The van der Waals surface area contributed by atoms with Gasteiger partial charge in [0.1, 0.15) is 24.0 Å². The molecule has 2 saturated heterocycles. The van der Waals surface area contributed by atoms with Crippen LogP contribution in [-0.2, 0) is 16.0 Å². The van der Waals surface area contributed by atoms with E-state index in [2.05, 4.69) is 33.0 Å². The van der Waals surface area contributed by atoms with Crippen LogP contribution in [0.25, 0.3) is 0 Å². The predicted molar refractivity (Wildman–Crippen MR) is 114 cm³/mol. The third kappa shape index (κ3) is 4.12. The van der Waals surface area contributed by atoms with Crippen LogP contribution in [0.3, 0.4) is 0 Å². The van der Waals surface area contributed by atoms with Crippen molar-refractivity contribution in [1.82, 2.24) is 25.5 Å². The molecule has 0 saturated carbocycles. The van der Waals surface area contributed by atoms with Gasteiger partial charge in [-0.05, 0) is 28.1 Å². The Morgan fingerprint density at radius 2 is 1.90 bits per heavy atom. The zero-order chi connectivity index (χ0) is 21.2. The number of hydrogen-bond donors (Lipinski definition) is 1. The molecule has 3 aromatic rings. The first-order valence-corrected chi connectivity index (χ1v) is 10.4. The molecular formula is C22H26N6O3. The van der Waals surface area contributed by atoms with Crippen LogP contribution in [0.4, 0.5) is 5.69 Å². The van der Waals surface area contributed by atoms with E-state index < -0.39 is 0 Å². The van der Waals surface area contributed by atoms with Gasteiger partial charge in [0.05, 0.1) is 19.3 Å². The molecule has 0 bridgehead atoms. The van der Waals surface area contributed by atoms with E-state index in [0.29, 0.717) is 25.0 Å². The molecule has 0 unspecified atom stereocenters. The molecule has 162 valence electrons. The molecule has 9 heteroatoms. The van der Waals surface area contributed by atoms with E-state index in [-0.39, 0.29) is 24.3 Å². The van der Waals surface area contributed by atoms with Crippen molar-refractivity contribution in [2.45, 2.75) is 30.8 Å². The lowest BCUT2D eigenvalue weighted by Crippen LogP contribution is -2.40. The summed E-state index contributed by atoms with van der Waals surface area (Å²) in [5.74, 6) is 0.674. The van der Waals surface area contributed by atoms with Gasteiger partial charge >= 0.3 is 6.01 Å². The first-order chi connectivity index (χ1) is 15.2. The van der Waals surface area contributed by atoms with Crippen LogP contribution in [0.2, 0.25) is 0 Å². The van der Waals surface area contributed by atoms with Gasteiger partial charge in [0.15, 0.2) is 0 Å². The van der Waals surface area contributed by atoms with Crippen LogP contribution in [-0.4, -0.2) is 65.8 Å². The van der Waals surface area contributed by atoms with Gasteiger partial charge in [0.2, 0.25) is 0 Å². The summed E-state index contributed by atoms with van der Waals surface area (Å²) in [4.78, 5) is 2.01. The highest BCUT2D eigenvalue weighted by molar-refractivity contribution is 5.49. The SMILES string of the molecule is CN(C)c1cccc(Oc2nnnn2[C@H]2CO[C@H]3[C@@H]2OC[C@@H]3NCc2ccccc2)c1. The smallest absolute Gasteiger partial charge is 0.341 e. The zero-order valence-corrected chi connectivity index (χ0v) is 17.6. The lowest BCUT2D eigenvalue weighted by Gasteiger charge is -2.18. The summed E-state index contributed by atoms with van der Waals surface area (Å²) < 4.78 is 19.9. The number of anilines is 1. The molecule has 31 heavy (non-hydrogen) atoms. The fourth-order valence-corrected chi connectivity index (χ4v) is 4.10. The second-order valence-corrected chi connectivity index (χ2v) is 8.04. The quantitative estimate of drug-likeness (QED) is 0.619. The maximum Gasteiger partial charge on any atom is 0.341 e. The molecule has 0 aliphatic carbocycles. The van der Waals surface area contributed by atoms with E-state index in [9.17, 15) is 0 Å². The average Bonchev–Trinajstić information content (AvgIpc) is 3.50. The summed E-state index contributed by atoms with van der Waals surface area (Å²) in [7, 11) is 3.97. The van der Waals surface area contributed by atoms with Crippen LogP contribution in [0.15, 0.2) is 54.6 Å². The Hall–Kier alpha value is -3.01. The van der Waals surface area contributed by atoms with Crippen molar-refractivity contribution in [3.8, 4) is 11.8 Å². The van der Waals surface area contributed by atoms with Crippen molar-refractivity contribution in [3.63, 3.8) is 0 Å². The van der Waals surface area contributed by atoms with Gasteiger partial charge < -0.3 is 24.4 Å². The van der Waals surface area contributed by atoms with E-state index in [1.165, 1.54) is 5.56 Å². The first-order valence-electron chi connectivity index (χ1n) is 10.4. The zero-order valence-electron chi connectivity index (χ0n) is 17.6. The largest absolute Gasteiger partial charge is 0.423 e. The Bertz CT molecular complexity index is 1010. The normalized spacial score (nSPS) is 24.8. The Labute approximate surface area is 180 Å². The molecule has 5 rings (SSSR count). The van der Waals surface area contributed by atoms with E-state index in [1.54, 1.807) is 4.68 Å². The van der Waals surface area contributed by atoms with E-state index >= 15 is 0 Å². The fourth-order valence-electron chi connectivity index (χ4n) is 4.10. The molecule has 1 N–H and O–H groups in total. The van der Waals surface area contributed by atoms with E-state index in [0.717, 1.165) is 12.2 Å².